The average molecular weight is 314 g/mol. The number of rotatable bonds is 4. The molecule has 2 aliphatic rings. The van der Waals surface area contributed by atoms with Crippen molar-refractivity contribution in [2.75, 3.05) is 13.1 Å². The number of nitrogens with one attached hydrogen (secondary N) is 1. The lowest BCUT2D eigenvalue weighted by Gasteiger charge is -2.28. The van der Waals surface area contributed by atoms with Gasteiger partial charge in [0.1, 0.15) is 4.21 Å². The van der Waals surface area contributed by atoms with E-state index in [1.807, 2.05) is 0 Å². The molecule has 5 nitrogen and oxygen atoms in total. The number of hydrogen-bond donors (Lipinski definition) is 1. The Hall–Kier alpha value is -0.920. The predicted molar refractivity (Wildman–Crippen MR) is 77.0 cm³/mol. The summed E-state index contributed by atoms with van der Waals surface area (Å²) in [5.41, 5.74) is 0. The summed E-state index contributed by atoms with van der Waals surface area (Å²) in [6.45, 7) is 1.49. The normalized spacial score (nSPS) is 23.5. The summed E-state index contributed by atoms with van der Waals surface area (Å²) < 4.78 is 26.7. The minimum absolute atomic E-state index is 0.128. The summed E-state index contributed by atoms with van der Waals surface area (Å²) in [7, 11) is -3.67. The minimum Gasteiger partial charge on any atom is -0.316 e. The Bertz CT molecular complexity index is 573. The molecule has 1 aliphatic heterocycles. The van der Waals surface area contributed by atoms with Crippen LogP contribution in [0.15, 0.2) is 21.7 Å². The van der Waals surface area contributed by atoms with Gasteiger partial charge in [-0.05, 0) is 43.7 Å². The van der Waals surface area contributed by atoms with Gasteiger partial charge in [-0.3, -0.25) is 4.79 Å². The summed E-state index contributed by atoms with van der Waals surface area (Å²) >= 11 is 1.17. The van der Waals surface area contributed by atoms with Crippen molar-refractivity contribution in [3.8, 4) is 0 Å². The molecule has 1 saturated carbocycles. The molecule has 0 radical (unpaired) electrons. The molecule has 1 aromatic rings. The van der Waals surface area contributed by atoms with Crippen molar-refractivity contribution in [3.05, 3.63) is 17.5 Å². The van der Waals surface area contributed by atoms with Gasteiger partial charge in [-0.2, -0.15) is 0 Å². The highest BCUT2D eigenvalue weighted by molar-refractivity contribution is 7.91. The zero-order valence-corrected chi connectivity index (χ0v) is 12.8. The van der Waals surface area contributed by atoms with E-state index >= 15 is 0 Å². The molecule has 110 valence electrons. The SMILES string of the molecule is O=C(C1CCCNC1)N(C1CC1)S(=O)(=O)c1cccs1. The third-order valence-corrected chi connectivity index (χ3v) is 6.97. The summed E-state index contributed by atoms with van der Waals surface area (Å²) in [4.78, 5) is 12.6. The van der Waals surface area contributed by atoms with E-state index < -0.39 is 10.0 Å². The molecule has 1 aliphatic carbocycles. The van der Waals surface area contributed by atoms with Gasteiger partial charge in [0, 0.05) is 12.6 Å². The van der Waals surface area contributed by atoms with Crippen LogP contribution in [0.2, 0.25) is 0 Å². The summed E-state index contributed by atoms with van der Waals surface area (Å²) in [5.74, 6) is -0.438. The molecule has 2 fully saturated rings. The zero-order chi connectivity index (χ0) is 14.2. The first-order chi connectivity index (χ1) is 9.60. The summed E-state index contributed by atoms with van der Waals surface area (Å²) in [6.07, 6.45) is 3.27. The van der Waals surface area contributed by atoms with Crippen molar-refractivity contribution in [1.82, 2.24) is 9.62 Å². The van der Waals surface area contributed by atoms with Gasteiger partial charge in [-0.25, -0.2) is 12.7 Å². The lowest BCUT2D eigenvalue weighted by Crippen LogP contribution is -2.46. The number of nitrogens with zero attached hydrogens (tertiary/aromatic N) is 1. The minimum atomic E-state index is -3.67. The van der Waals surface area contributed by atoms with E-state index in [0.29, 0.717) is 6.54 Å². The molecule has 0 aromatic carbocycles. The first kappa shape index (κ1) is 14.0. The van der Waals surface area contributed by atoms with E-state index in [9.17, 15) is 13.2 Å². The van der Waals surface area contributed by atoms with Crippen LogP contribution in [-0.4, -0.2) is 37.8 Å². The molecular weight excluding hydrogens is 296 g/mol. The first-order valence-corrected chi connectivity index (χ1v) is 9.25. The largest absolute Gasteiger partial charge is 0.316 e. The van der Waals surface area contributed by atoms with Crippen molar-refractivity contribution >= 4 is 27.3 Å². The van der Waals surface area contributed by atoms with Crippen molar-refractivity contribution < 1.29 is 13.2 Å². The van der Waals surface area contributed by atoms with Crippen LogP contribution in [0.5, 0.6) is 0 Å². The molecule has 1 N–H and O–H groups in total. The fraction of sp³-hybridized carbons (Fsp3) is 0.615. The number of amides is 1. The molecule has 0 spiro atoms. The number of carbonyl (C=O) groups excluding carboxylic acids is 1. The molecule has 1 amide bonds. The third-order valence-electron chi connectivity index (χ3n) is 3.75. The quantitative estimate of drug-likeness (QED) is 0.913. The van der Waals surface area contributed by atoms with Crippen LogP contribution < -0.4 is 5.32 Å². The smallest absolute Gasteiger partial charge is 0.276 e. The second-order valence-corrected chi connectivity index (χ2v) is 8.34. The second-order valence-electron chi connectivity index (χ2n) is 5.35. The van der Waals surface area contributed by atoms with Gasteiger partial charge in [-0.1, -0.05) is 6.07 Å². The van der Waals surface area contributed by atoms with Crippen LogP contribution in [0.3, 0.4) is 0 Å². The molecule has 1 atom stereocenters. The van der Waals surface area contributed by atoms with Crippen molar-refractivity contribution in [3.63, 3.8) is 0 Å². The number of carbonyl (C=O) groups is 1. The van der Waals surface area contributed by atoms with E-state index in [1.54, 1.807) is 17.5 Å². The van der Waals surface area contributed by atoms with Crippen LogP contribution in [-0.2, 0) is 14.8 Å². The van der Waals surface area contributed by atoms with Gasteiger partial charge in [-0.15, -0.1) is 11.3 Å². The highest BCUT2D eigenvalue weighted by atomic mass is 32.2. The second kappa shape index (κ2) is 5.46. The van der Waals surface area contributed by atoms with Gasteiger partial charge < -0.3 is 5.32 Å². The van der Waals surface area contributed by atoms with Crippen LogP contribution in [0.1, 0.15) is 25.7 Å². The predicted octanol–water partition coefficient (Wildman–Crippen LogP) is 1.43. The molecule has 1 unspecified atom stereocenters. The van der Waals surface area contributed by atoms with Gasteiger partial charge in [0.2, 0.25) is 5.91 Å². The van der Waals surface area contributed by atoms with Crippen LogP contribution in [0.25, 0.3) is 0 Å². The van der Waals surface area contributed by atoms with E-state index in [0.717, 1.165) is 36.5 Å². The van der Waals surface area contributed by atoms with Crippen molar-refractivity contribution in [2.24, 2.45) is 5.92 Å². The van der Waals surface area contributed by atoms with E-state index in [2.05, 4.69) is 5.32 Å². The highest BCUT2D eigenvalue weighted by Crippen LogP contribution is 2.35. The first-order valence-electron chi connectivity index (χ1n) is 6.93. The monoisotopic (exact) mass is 314 g/mol. The number of piperidine rings is 1. The zero-order valence-electron chi connectivity index (χ0n) is 11.1. The molecule has 20 heavy (non-hydrogen) atoms. The van der Waals surface area contributed by atoms with Crippen LogP contribution in [0.4, 0.5) is 0 Å². The molecule has 7 heteroatoms. The fourth-order valence-electron chi connectivity index (χ4n) is 2.55. The molecule has 1 aromatic heterocycles. The molecule has 3 rings (SSSR count). The summed E-state index contributed by atoms with van der Waals surface area (Å²) in [6, 6.07) is 3.15. The van der Waals surface area contributed by atoms with Crippen LogP contribution in [0, 0.1) is 5.92 Å². The number of hydrogen-bond acceptors (Lipinski definition) is 5. The highest BCUT2D eigenvalue weighted by Gasteiger charge is 2.44. The van der Waals surface area contributed by atoms with Gasteiger partial charge in [0.15, 0.2) is 0 Å². The van der Waals surface area contributed by atoms with Crippen molar-refractivity contribution in [1.29, 1.82) is 0 Å². The Balaban J connectivity index is 1.87. The summed E-state index contributed by atoms with van der Waals surface area (Å²) in [5, 5.41) is 4.90. The van der Waals surface area contributed by atoms with Gasteiger partial charge >= 0.3 is 0 Å². The topological polar surface area (TPSA) is 66.5 Å². The molecule has 1 saturated heterocycles. The third kappa shape index (κ3) is 2.62. The van der Waals surface area contributed by atoms with Crippen molar-refractivity contribution in [2.45, 2.75) is 35.9 Å². The molecule has 2 heterocycles. The fourth-order valence-corrected chi connectivity index (χ4v) is 5.33. The van der Waals surface area contributed by atoms with Crippen LogP contribution >= 0.6 is 11.3 Å². The molecule has 0 bridgehead atoms. The molecular formula is C13H18N2O3S2. The lowest BCUT2D eigenvalue weighted by atomic mass is 9.99. The van der Waals surface area contributed by atoms with Gasteiger partial charge in [0.25, 0.3) is 10.0 Å². The maximum Gasteiger partial charge on any atom is 0.276 e. The van der Waals surface area contributed by atoms with Gasteiger partial charge in [0.05, 0.1) is 5.92 Å². The lowest BCUT2D eigenvalue weighted by molar-refractivity contribution is -0.131. The maximum atomic E-state index is 12.7. The number of thiophene rings is 1. The Morgan fingerprint density at radius 2 is 2.15 bits per heavy atom. The maximum absolute atomic E-state index is 12.7. The van der Waals surface area contributed by atoms with E-state index in [-0.39, 0.29) is 22.1 Å². The Labute approximate surface area is 123 Å². The Kier molecular flexibility index (Phi) is 3.83. The Morgan fingerprint density at radius 3 is 2.70 bits per heavy atom. The Morgan fingerprint density at radius 1 is 1.35 bits per heavy atom. The van der Waals surface area contributed by atoms with E-state index in [1.165, 1.54) is 11.3 Å². The standard InChI is InChI=1S/C13H18N2O3S2/c16-13(10-3-1-7-14-9-10)15(11-5-6-11)20(17,18)12-4-2-8-19-12/h2,4,8,10-11,14H,1,3,5-7,9H2. The van der Waals surface area contributed by atoms with E-state index in [4.69, 9.17) is 0 Å². The average Bonchev–Trinajstić information content (AvgIpc) is 3.10. The number of sulfonamides is 1.